The second-order valence-electron chi connectivity index (χ2n) is 8.18. The predicted octanol–water partition coefficient (Wildman–Crippen LogP) is 4.76. The third-order valence-electron chi connectivity index (χ3n) is 6.62. The molecule has 0 fully saturated rings. The van der Waals surface area contributed by atoms with E-state index in [9.17, 15) is 9.59 Å². The maximum atomic E-state index is 13.8. The van der Waals surface area contributed by atoms with Crippen LogP contribution < -0.4 is 4.90 Å². The van der Waals surface area contributed by atoms with Crippen LogP contribution in [0.15, 0.2) is 78.9 Å². The summed E-state index contributed by atoms with van der Waals surface area (Å²) >= 11 is 0. The Morgan fingerprint density at radius 1 is 0.821 bits per heavy atom. The lowest BCUT2D eigenvalue weighted by atomic mass is 9.63. The standard InChI is InChI=1S/C25H21NO2/c1-24(2)19-13-7-6-12-18(19)22(27)25(24)16-26(21-15-9-8-14-20(21)25)23(28)17-10-4-3-5-11-17/h3-15H,16H2,1-2H3. The molecule has 5 rings (SSSR count). The minimum Gasteiger partial charge on any atom is -0.307 e. The molecule has 3 aromatic rings. The quantitative estimate of drug-likeness (QED) is 0.622. The highest BCUT2D eigenvalue weighted by atomic mass is 16.2. The van der Waals surface area contributed by atoms with Crippen molar-refractivity contribution < 1.29 is 9.59 Å². The van der Waals surface area contributed by atoms with Gasteiger partial charge in [-0.3, -0.25) is 9.59 Å². The maximum absolute atomic E-state index is 13.8. The van der Waals surface area contributed by atoms with Crippen molar-refractivity contribution in [1.82, 2.24) is 0 Å². The number of rotatable bonds is 1. The van der Waals surface area contributed by atoms with Crippen molar-refractivity contribution in [3.05, 3.63) is 101 Å². The zero-order valence-electron chi connectivity index (χ0n) is 16.0. The molecule has 1 aliphatic carbocycles. The Hall–Kier alpha value is -3.20. The minimum atomic E-state index is -0.766. The van der Waals surface area contributed by atoms with Crippen molar-refractivity contribution in [3.63, 3.8) is 0 Å². The fourth-order valence-electron chi connectivity index (χ4n) is 5.09. The first-order chi connectivity index (χ1) is 13.5. The number of hydrogen-bond acceptors (Lipinski definition) is 2. The van der Waals surface area contributed by atoms with E-state index in [1.165, 1.54) is 0 Å². The molecule has 0 saturated heterocycles. The summed E-state index contributed by atoms with van der Waals surface area (Å²) in [6.45, 7) is 4.62. The molecule has 3 aromatic carbocycles. The Kier molecular flexibility index (Phi) is 3.42. The summed E-state index contributed by atoms with van der Waals surface area (Å²) in [5, 5.41) is 0. The van der Waals surface area contributed by atoms with Gasteiger partial charge in [-0.1, -0.05) is 74.5 Å². The molecule has 0 aromatic heterocycles. The molecule has 1 spiro atoms. The van der Waals surface area contributed by atoms with Crippen LogP contribution in [-0.2, 0) is 10.8 Å². The number of carbonyl (C=O) groups excluding carboxylic acids is 2. The van der Waals surface area contributed by atoms with Crippen LogP contribution in [0, 0.1) is 0 Å². The van der Waals surface area contributed by atoms with E-state index in [1.807, 2.05) is 78.9 Å². The lowest BCUT2D eigenvalue weighted by molar-refractivity contribution is 0.0854. The molecule has 1 atom stereocenters. The molecule has 3 heteroatoms. The van der Waals surface area contributed by atoms with Crippen molar-refractivity contribution in [2.45, 2.75) is 24.7 Å². The third kappa shape index (κ3) is 1.94. The van der Waals surface area contributed by atoms with E-state index in [0.29, 0.717) is 12.1 Å². The first-order valence-corrected chi connectivity index (χ1v) is 9.59. The molecule has 0 bridgehead atoms. The summed E-state index contributed by atoms with van der Waals surface area (Å²) in [4.78, 5) is 28.9. The molecule has 1 heterocycles. The number of Topliss-reactive ketones (excluding diaryl/α,β-unsaturated/α-hetero) is 1. The molecule has 0 saturated carbocycles. The van der Waals surface area contributed by atoms with Gasteiger partial charge in [-0.2, -0.15) is 0 Å². The van der Waals surface area contributed by atoms with Gasteiger partial charge in [-0.25, -0.2) is 0 Å². The van der Waals surface area contributed by atoms with E-state index in [4.69, 9.17) is 0 Å². The third-order valence-corrected chi connectivity index (χ3v) is 6.62. The van der Waals surface area contributed by atoms with Gasteiger partial charge in [0.05, 0.1) is 5.41 Å². The van der Waals surface area contributed by atoms with Crippen LogP contribution >= 0.6 is 0 Å². The molecule has 3 nitrogen and oxygen atoms in total. The Morgan fingerprint density at radius 2 is 1.43 bits per heavy atom. The molecule has 2 aliphatic rings. The maximum Gasteiger partial charge on any atom is 0.258 e. The summed E-state index contributed by atoms with van der Waals surface area (Å²) < 4.78 is 0. The number of hydrogen-bond donors (Lipinski definition) is 0. The van der Waals surface area contributed by atoms with Gasteiger partial charge in [0, 0.05) is 28.8 Å². The SMILES string of the molecule is CC1(C)c2ccccc2C(=O)C12CN(C(=O)c1ccccc1)c1ccccc12. The number of nitrogens with zero attached hydrogens (tertiary/aromatic N) is 1. The van der Waals surface area contributed by atoms with Gasteiger partial charge in [-0.15, -0.1) is 0 Å². The van der Waals surface area contributed by atoms with Crippen molar-refractivity contribution >= 4 is 17.4 Å². The summed E-state index contributed by atoms with van der Waals surface area (Å²) in [6, 6.07) is 25.0. The topological polar surface area (TPSA) is 37.4 Å². The van der Waals surface area contributed by atoms with Gasteiger partial charge < -0.3 is 4.90 Å². The molecule has 1 amide bonds. The highest BCUT2D eigenvalue weighted by Gasteiger charge is 2.63. The van der Waals surface area contributed by atoms with Crippen molar-refractivity contribution in [2.75, 3.05) is 11.4 Å². The summed E-state index contributed by atoms with van der Waals surface area (Å²) in [5.41, 5.74) is 3.08. The van der Waals surface area contributed by atoms with Crippen LogP contribution in [0.3, 0.4) is 0 Å². The zero-order chi connectivity index (χ0) is 19.5. The van der Waals surface area contributed by atoms with Gasteiger partial charge in [0.15, 0.2) is 5.78 Å². The lowest BCUT2D eigenvalue weighted by Gasteiger charge is -2.38. The van der Waals surface area contributed by atoms with Gasteiger partial charge in [0.25, 0.3) is 5.91 Å². The Morgan fingerprint density at radius 3 is 2.14 bits per heavy atom. The highest BCUT2D eigenvalue weighted by molar-refractivity contribution is 6.16. The van der Waals surface area contributed by atoms with Gasteiger partial charge in [0.2, 0.25) is 0 Å². The number of para-hydroxylation sites is 1. The minimum absolute atomic E-state index is 0.0653. The van der Waals surface area contributed by atoms with Crippen LogP contribution in [0.2, 0.25) is 0 Å². The number of benzene rings is 3. The van der Waals surface area contributed by atoms with Crippen LogP contribution in [0.1, 0.15) is 45.7 Å². The lowest BCUT2D eigenvalue weighted by Crippen LogP contribution is -2.50. The molecule has 0 N–H and O–H groups in total. The fraction of sp³-hybridized carbons (Fsp3) is 0.200. The molecule has 0 radical (unpaired) electrons. The van der Waals surface area contributed by atoms with Gasteiger partial charge in [-0.05, 0) is 29.3 Å². The molecular weight excluding hydrogens is 346 g/mol. The van der Waals surface area contributed by atoms with E-state index in [2.05, 4.69) is 13.8 Å². The summed E-state index contributed by atoms with van der Waals surface area (Å²) in [7, 11) is 0. The molecular formula is C25H21NO2. The second-order valence-corrected chi connectivity index (χ2v) is 8.18. The Bertz CT molecular complexity index is 1120. The average molecular weight is 367 g/mol. The fourth-order valence-corrected chi connectivity index (χ4v) is 5.09. The van der Waals surface area contributed by atoms with Crippen molar-refractivity contribution in [2.24, 2.45) is 0 Å². The van der Waals surface area contributed by atoms with E-state index < -0.39 is 10.8 Å². The van der Waals surface area contributed by atoms with Gasteiger partial charge >= 0.3 is 0 Å². The zero-order valence-corrected chi connectivity index (χ0v) is 16.0. The van der Waals surface area contributed by atoms with Crippen molar-refractivity contribution in [1.29, 1.82) is 0 Å². The van der Waals surface area contributed by atoms with E-state index in [-0.39, 0.29) is 11.7 Å². The number of carbonyl (C=O) groups is 2. The summed E-state index contributed by atoms with van der Waals surface area (Å²) in [6.07, 6.45) is 0. The van der Waals surface area contributed by atoms with Crippen LogP contribution in [0.5, 0.6) is 0 Å². The van der Waals surface area contributed by atoms with Crippen molar-refractivity contribution in [3.8, 4) is 0 Å². The highest BCUT2D eigenvalue weighted by Crippen LogP contribution is 2.58. The number of ketones is 1. The first kappa shape index (κ1) is 16.9. The van der Waals surface area contributed by atoms with E-state index in [0.717, 1.165) is 22.4 Å². The largest absolute Gasteiger partial charge is 0.307 e. The normalized spacial score (nSPS) is 21.6. The smallest absolute Gasteiger partial charge is 0.258 e. The Balaban J connectivity index is 1.72. The van der Waals surface area contributed by atoms with E-state index in [1.54, 1.807) is 4.90 Å². The Labute approximate surface area is 164 Å². The summed E-state index contributed by atoms with van der Waals surface area (Å²) in [5.74, 6) is 0.0494. The number of anilines is 1. The average Bonchev–Trinajstić information content (AvgIpc) is 3.17. The molecule has 28 heavy (non-hydrogen) atoms. The van der Waals surface area contributed by atoms with Crippen LogP contribution in [0.4, 0.5) is 5.69 Å². The molecule has 138 valence electrons. The second kappa shape index (κ2) is 5.65. The first-order valence-electron chi connectivity index (χ1n) is 9.59. The number of amides is 1. The monoisotopic (exact) mass is 367 g/mol. The number of fused-ring (bicyclic) bond motifs is 3. The van der Waals surface area contributed by atoms with Crippen LogP contribution in [-0.4, -0.2) is 18.2 Å². The molecule has 1 unspecified atom stereocenters. The van der Waals surface area contributed by atoms with Crippen LogP contribution in [0.25, 0.3) is 0 Å². The molecule has 1 aliphatic heterocycles. The van der Waals surface area contributed by atoms with E-state index >= 15 is 0 Å². The van der Waals surface area contributed by atoms with Gasteiger partial charge in [0.1, 0.15) is 0 Å². The predicted molar refractivity (Wildman–Crippen MR) is 110 cm³/mol.